The molecule has 0 aromatic carbocycles. The molecule has 0 fully saturated rings. The molecule has 0 saturated carbocycles. The first-order valence-electron chi connectivity index (χ1n) is 0.943. The van der Waals surface area contributed by atoms with Crippen molar-refractivity contribution >= 4 is 12.9 Å². The molecule has 0 rings (SSSR count). The predicted octanol–water partition coefficient (Wildman–Crippen LogP) is -6.57. The summed E-state index contributed by atoms with van der Waals surface area (Å²) >= 11 is 0. The van der Waals surface area contributed by atoms with Crippen molar-refractivity contribution in [1.29, 1.82) is 0 Å². The van der Waals surface area contributed by atoms with Crippen LogP contribution in [0.3, 0.4) is 0 Å². The summed E-state index contributed by atoms with van der Waals surface area (Å²) in [6, 6.07) is 0. The summed E-state index contributed by atoms with van der Waals surface area (Å²) in [6.07, 6.45) is 0. The molecule has 0 aromatic heterocycles. The van der Waals surface area contributed by atoms with Crippen LogP contribution in [0.2, 0.25) is 0 Å². The molecule has 0 aliphatic carbocycles. The average molecular weight is 217 g/mol. The van der Waals surface area contributed by atoms with E-state index in [9.17, 15) is 0 Å². The summed E-state index contributed by atoms with van der Waals surface area (Å²) < 4.78 is 0. The third kappa shape index (κ3) is 1010. The molecule has 8 N–H and O–H groups in total. The number of rotatable bonds is 0. The van der Waals surface area contributed by atoms with E-state index in [0.717, 1.165) is 0 Å². The van der Waals surface area contributed by atoms with Crippen LogP contribution >= 0.6 is 0 Å². The van der Waals surface area contributed by atoms with Crippen LogP contribution in [0.4, 0.5) is 0 Å². The first-order valence-corrected chi connectivity index (χ1v) is 0.943. The van der Waals surface area contributed by atoms with Crippen LogP contribution in [0.15, 0.2) is 0 Å². The van der Waals surface area contributed by atoms with Gasteiger partial charge in [0.1, 0.15) is 0 Å². The number of carbonyl (C=O) groups is 2. The maximum Gasteiger partial charge on any atom is 2.00 e. The van der Waals surface area contributed by atoms with Crippen LogP contribution in [0, 0.1) is 0 Å². The molecule has 11 heavy (non-hydrogen) atoms. The third-order valence-corrected chi connectivity index (χ3v) is 0. The van der Waals surface area contributed by atoms with Crippen LogP contribution < -0.4 is 10.2 Å². The zero-order valence-corrected chi connectivity index (χ0v) is 6.35. The molecule has 0 aromatic rings. The van der Waals surface area contributed by atoms with Gasteiger partial charge in [-0.25, -0.2) is 0 Å². The largest absolute Gasteiger partial charge is 2.00 e. The summed E-state index contributed by atoms with van der Waals surface area (Å²) in [6.45, 7) is -1.00. The van der Waals surface area contributed by atoms with Gasteiger partial charge in [-0.2, -0.15) is 0 Å². The zero-order chi connectivity index (χ0) is 5.41. The van der Waals surface area contributed by atoms with E-state index in [-0.39, 0.29) is 39.0 Å². The van der Waals surface area contributed by atoms with E-state index in [0.29, 0.717) is 0 Å². The number of hydrogen-bond donors (Lipinski definition) is 0. The van der Waals surface area contributed by atoms with Crippen molar-refractivity contribution in [3.8, 4) is 0 Å². The van der Waals surface area contributed by atoms with Crippen LogP contribution in [0.25, 0.3) is 0 Å². The second-order valence-electron chi connectivity index (χ2n) is 0.192. The molecule has 0 atom stereocenters. The normalized spacial score (nSPS) is 2.18. The minimum Gasteiger partial charge on any atom is -0.554 e. The molecular weight excluding hydrogens is 207 g/mol. The van der Waals surface area contributed by atoms with E-state index in [4.69, 9.17) is 19.8 Å². The molecule has 0 amide bonds. The fourth-order valence-corrected chi connectivity index (χ4v) is 0. The molecule has 0 heterocycles. The first-order chi connectivity index (χ1) is 2.83. The molecule has 0 aliphatic rings. The standard InChI is InChI=1S/2CH2O2.Mn.4H2O/c2*2-1-3;;;;;/h2*1H,(H,2,3);;4*1H2/q;;+2;;;;/p-2. The molecule has 73 valence electrons. The Bertz CT molecular complexity index is 33.1. The van der Waals surface area contributed by atoms with Crippen LogP contribution in [0.1, 0.15) is 0 Å². The van der Waals surface area contributed by atoms with Crippen LogP contribution in [0.5, 0.6) is 0 Å². The van der Waals surface area contributed by atoms with Gasteiger partial charge in [0, 0.05) is 12.9 Å². The Morgan fingerprint density at radius 3 is 0.727 bits per heavy atom. The van der Waals surface area contributed by atoms with E-state index in [2.05, 4.69) is 0 Å². The van der Waals surface area contributed by atoms with Gasteiger partial charge in [0.25, 0.3) is 0 Å². The van der Waals surface area contributed by atoms with Gasteiger partial charge in [0.15, 0.2) is 0 Å². The van der Waals surface area contributed by atoms with Gasteiger partial charge in [-0.3, -0.25) is 0 Å². The van der Waals surface area contributed by atoms with Crippen molar-refractivity contribution < 1.29 is 58.8 Å². The Morgan fingerprint density at radius 1 is 0.727 bits per heavy atom. The van der Waals surface area contributed by atoms with Crippen LogP contribution in [-0.4, -0.2) is 34.8 Å². The molecule has 0 spiro atoms. The number of hydrogen-bond acceptors (Lipinski definition) is 4. The maximum absolute atomic E-state index is 8.25. The van der Waals surface area contributed by atoms with Crippen molar-refractivity contribution in [2.45, 2.75) is 0 Å². The molecule has 0 unspecified atom stereocenters. The van der Waals surface area contributed by atoms with Crippen molar-refractivity contribution in [1.82, 2.24) is 0 Å². The molecule has 0 saturated heterocycles. The average Bonchev–Trinajstić information content (AvgIpc) is 1.39. The van der Waals surface area contributed by atoms with Gasteiger partial charge in [-0.15, -0.1) is 0 Å². The van der Waals surface area contributed by atoms with Gasteiger partial charge >= 0.3 is 17.1 Å². The van der Waals surface area contributed by atoms with Crippen molar-refractivity contribution in [3.05, 3.63) is 0 Å². The van der Waals surface area contributed by atoms with Crippen molar-refractivity contribution in [2.24, 2.45) is 0 Å². The minimum absolute atomic E-state index is 0. The molecule has 0 aliphatic heterocycles. The summed E-state index contributed by atoms with van der Waals surface area (Å²) in [5.41, 5.74) is 0. The maximum atomic E-state index is 8.25. The Kier molecular flexibility index (Phi) is 2820. The zero-order valence-electron chi connectivity index (χ0n) is 5.17. The van der Waals surface area contributed by atoms with E-state index in [1.54, 1.807) is 0 Å². The smallest absolute Gasteiger partial charge is 0.554 e. The minimum atomic E-state index is -0.500. The monoisotopic (exact) mass is 217 g/mol. The Balaban J connectivity index is -0.00000000400. The molecule has 0 bridgehead atoms. The molecule has 1 radical (unpaired) electrons. The molecular formula is C2H10MnO8. The van der Waals surface area contributed by atoms with Gasteiger partial charge in [0.05, 0.1) is 0 Å². The Hall–Kier alpha value is -0.701. The predicted molar refractivity (Wildman–Crippen MR) is 26.6 cm³/mol. The summed E-state index contributed by atoms with van der Waals surface area (Å²) in [5, 5.41) is 16.5. The van der Waals surface area contributed by atoms with Gasteiger partial charge in [-0.05, 0) is 0 Å². The van der Waals surface area contributed by atoms with Gasteiger partial charge in [-0.1, -0.05) is 0 Å². The number of carboxylic acid groups (broad SMARTS) is 2. The van der Waals surface area contributed by atoms with Crippen molar-refractivity contribution in [2.75, 3.05) is 0 Å². The first kappa shape index (κ1) is 81.8. The third-order valence-electron chi connectivity index (χ3n) is 0. The summed E-state index contributed by atoms with van der Waals surface area (Å²) in [7, 11) is 0. The van der Waals surface area contributed by atoms with E-state index < -0.39 is 12.9 Å². The fourth-order valence-electron chi connectivity index (χ4n) is 0. The van der Waals surface area contributed by atoms with E-state index >= 15 is 0 Å². The topological polar surface area (TPSA) is 206 Å². The SMILES string of the molecule is O.O.O.O.O=C[O-].O=C[O-].[Mn+2]. The quantitative estimate of drug-likeness (QED) is 0.286. The van der Waals surface area contributed by atoms with E-state index in [1.165, 1.54) is 0 Å². The van der Waals surface area contributed by atoms with Gasteiger partial charge in [0.2, 0.25) is 0 Å². The summed E-state index contributed by atoms with van der Waals surface area (Å²) in [5.74, 6) is 0. The molecule has 9 heteroatoms. The second kappa shape index (κ2) is 379. The van der Waals surface area contributed by atoms with Gasteiger partial charge < -0.3 is 41.7 Å². The second-order valence-corrected chi connectivity index (χ2v) is 0.192. The number of carbonyl (C=O) groups excluding carboxylic acids is 2. The van der Waals surface area contributed by atoms with Crippen molar-refractivity contribution in [3.63, 3.8) is 0 Å². The Morgan fingerprint density at radius 2 is 0.727 bits per heavy atom. The Labute approximate surface area is 72.5 Å². The fraction of sp³-hybridized carbons (Fsp3) is 0. The van der Waals surface area contributed by atoms with Crippen LogP contribution in [-0.2, 0) is 26.7 Å². The van der Waals surface area contributed by atoms with E-state index in [1.807, 2.05) is 0 Å². The molecule has 8 nitrogen and oxygen atoms in total. The summed E-state index contributed by atoms with van der Waals surface area (Å²) in [4.78, 5) is 16.5.